The molecule has 154 valence electrons. The fraction of sp³-hybridized carbons (Fsp3) is 0.211. The minimum atomic E-state index is -1.05. The molecule has 2 aromatic carbocycles. The third-order valence-corrected chi connectivity index (χ3v) is 4.18. The van der Waals surface area contributed by atoms with Gasteiger partial charge < -0.3 is 21.3 Å². The first kappa shape index (κ1) is 22.3. The van der Waals surface area contributed by atoms with Crippen molar-refractivity contribution in [3.8, 4) is 5.75 Å². The average molecular weight is 438 g/mol. The van der Waals surface area contributed by atoms with Crippen LogP contribution < -0.4 is 21.1 Å². The van der Waals surface area contributed by atoms with Crippen molar-refractivity contribution in [3.63, 3.8) is 0 Å². The molecule has 8 nitrogen and oxygen atoms in total. The third-order valence-electron chi connectivity index (χ3n) is 3.65. The van der Waals surface area contributed by atoms with Crippen molar-refractivity contribution in [2.75, 3.05) is 11.5 Å². The van der Waals surface area contributed by atoms with Crippen molar-refractivity contribution >= 4 is 46.8 Å². The fourth-order valence-electron chi connectivity index (χ4n) is 2.56. The summed E-state index contributed by atoms with van der Waals surface area (Å²) < 4.78 is 4.86. The SMILES string of the molecule is CC1(C)N=C(N)N=C(N)N1c1ccccc1.O=C(O)COc1ccc(Cl)cc1Cl. The standard InChI is InChI=1S/C11H15N5.C8H6Cl2O3/c1-11(2)15-9(12)14-10(13)16(11)8-6-4-3-5-7-8;9-5-1-2-7(6(10)3-5)13-4-8(11)12/h3-7H,1-2H3,(H4,12,13,14,15);1-3H,4H2,(H,11,12). The van der Waals surface area contributed by atoms with Gasteiger partial charge in [-0.1, -0.05) is 41.4 Å². The predicted molar refractivity (Wildman–Crippen MR) is 116 cm³/mol. The van der Waals surface area contributed by atoms with Gasteiger partial charge in [-0.25, -0.2) is 9.79 Å². The lowest BCUT2D eigenvalue weighted by atomic mass is 10.1. The van der Waals surface area contributed by atoms with Gasteiger partial charge in [0.15, 0.2) is 6.61 Å². The van der Waals surface area contributed by atoms with Crippen molar-refractivity contribution in [3.05, 3.63) is 58.6 Å². The number of anilines is 1. The van der Waals surface area contributed by atoms with Crippen LogP contribution >= 0.6 is 23.2 Å². The second-order valence-corrected chi connectivity index (χ2v) is 7.21. The molecule has 1 aliphatic heterocycles. The number of carboxylic acids is 1. The molecular formula is C19H21Cl2N5O3. The quantitative estimate of drug-likeness (QED) is 0.672. The van der Waals surface area contributed by atoms with Crippen LogP contribution in [0.15, 0.2) is 58.5 Å². The van der Waals surface area contributed by atoms with E-state index in [1.807, 2.05) is 49.1 Å². The van der Waals surface area contributed by atoms with Gasteiger partial charge in [-0.15, -0.1) is 0 Å². The number of aliphatic carboxylic acids is 1. The van der Waals surface area contributed by atoms with Crippen LogP contribution in [0.1, 0.15) is 13.8 Å². The molecule has 3 rings (SSSR count). The van der Waals surface area contributed by atoms with Crippen molar-refractivity contribution < 1.29 is 14.6 Å². The number of benzene rings is 2. The van der Waals surface area contributed by atoms with Gasteiger partial charge in [-0.3, -0.25) is 4.90 Å². The zero-order valence-electron chi connectivity index (χ0n) is 15.8. The normalized spacial score (nSPS) is 14.8. The second-order valence-electron chi connectivity index (χ2n) is 6.36. The van der Waals surface area contributed by atoms with E-state index in [1.165, 1.54) is 12.1 Å². The van der Waals surface area contributed by atoms with E-state index in [1.54, 1.807) is 6.07 Å². The highest BCUT2D eigenvalue weighted by atomic mass is 35.5. The molecule has 1 aliphatic rings. The molecular weight excluding hydrogens is 417 g/mol. The van der Waals surface area contributed by atoms with E-state index in [2.05, 4.69) is 9.98 Å². The van der Waals surface area contributed by atoms with Gasteiger partial charge in [0.25, 0.3) is 0 Å². The van der Waals surface area contributed by atoms with E-state index in [0.717, 1.165) is 5.69 Å². The minimum absolute atomic E-state index is 0.217. The van der Waals surface area contributed by atoms with Gasteiger partial charge in [0.1, 0.15) is 11.4 Å². The maximum atomic E-state index is 10.2. The Bertz CT molecular complexity index is 933. The number of aliphatic imine (C=N–C) groups is 2. The van der Waals surface area contributed by atoms with E-state index >= 15 is 0 Å². The van der Waals surface area contributed by atoms with Gasteiger partial charge in [-0.05, 0) is 44.2 Å². The highest BCUT2D eigenvalue weighted by Crippen LogP contribution is 2.28. The number of ether oxygens (including phenoxy) is 1. The second kappa shape index (κ2) is 9.49. The summed E-state index contributed by atoms with van der Waals surface area (Å²) in [6, 6.07) is 14.3. The number of guanidine groups is 2. The Balaban J connectivity index is 0.000000212. The van der Waals surface area contributed by atoms with Crippen molar-refractivity contribution in [2.24, 2.45) is 21.5 Å². The molecule has 0 aliphatic carbocycles. The summed E-state index contributed by atoms with van der Waals surface area (Å²) in [5.41, 5.74) is 11.9. The van der Waals surface area contributed by atoms with E-state index in [4.69, 9.17) is 44.5 Å². The maximum absolute atomic E-state index is 10.2. The molecule has 0 fully saturated rings. The van der Waals surface area contributed by atoms with Gasteiger partial charge in [0.2, 0.25) is 11.9 Å². The van der Waals surface area contributed by atoms with Crippen LogP contribution in [-0.2, 0) is 4.79 Å². The first-order chi connectivity index (χ1) is 13.6. The van der Waals surface area contributed by atoms with Gasteiger partial charge in [0.05, 0.1) is 5.02 Å². The molecule has 0 unspecified atom stereocenters. The summed E-state index contributed by atoms with van der Waals surface area (Å²) >= 11 is 11.3. The lowest BCUT2D eigenvalue weighted by molar-refractivity contribution is -0.139. The molecule has 0 atom stereocenters. The highest BCUT2D eigenvalue weighted by molar-refractivity contribution is 6.35. The molecule has 2 aromatic rings. The molecule has 0 saturated carbocycles. The van der Waals surface area contributed by atoms with Crippen LogP contribution in [-0.4, -0.2) is 35.3 Å². The monoisotopic (exact) mass is 437 g/mol. The predicted octanol–water partition coefficient (Wildman–Crippen LogP) is 3.33. The first-order valence-electron chi connectivity index (χ1n) is 8.44. The van der Waals surface area contributed by atoms with E-state index in [9.17, 15) is 4.79 Å². The Labute approximate surface area is 178 Å². The zero-order chi connectivity index (χ0) is 21.6. The van der Waals surface area contributed by atoms with Crippen molar-refractivity contribution in [2.45, 2.75) is 19.5 Å². The highest BCUT2D eigenvalue weighted by Gasteiger charge is 2.32. The number of hydrogen-bond acceptors (Lipinski definition) is 7. The number of carboxylic acid groups (broad SMARTS) is 1. The summed E-state index contributed by atoms with van der Waals surface area (Å²) in [7, 11) is 0. The maximum Gasteiger partial charge on any atom is 0.341 e. The largest absolute Gasteiger partial charge is 0.480 e. The number of para-hydroxylation sites is 1. The molecule has 0 spiro atoms. The van der Waals surface area contributed by atoms with Crippen LogP contribution in [0.3, 0.4) is 0 Å². The van der Waals surface area contributed by atoms with Gasteiger partial charge in [-0.2, -0.15) is 4.99 Å². The fourth-order valence-corrected chi connectivity index (χ4v) is 3.02. The Hall–Kier alpha value is -2.97. The number of nitrogens with two attached hydrogens (primary N) is 2. The molecule has 29 heavy (non-hydrogen) atoms. The van der Waals surface area contributed by atoms with E-state index in [-0.39, 0.29) is 5.96 Å². The van der Waals surface area contributed by atoms with Crippen LogP contribution in [0.2, 0.25) is 10.0 Å². The number of rotatable bonds is 4. The van der Waals surface area contributed by atoms with Crippen molar-refractivity contribution in [1.82, 2.24) is 0 Å². The van der Waals surface area contributed by atoms with Gasteiger partial charge in [0, 0.05) is 10.7 Å². The summed E-state index contributed by atoms with van der Waals surface area (Å²) in [5, 5.41) is 9.11. The van der Waals surface area contributed by atoms with Crippen LogP contribution in [0.5, 0.6) is 5.75 Å². The number of carbonyl (C=O) groups is 1. The average Bonchev–Trinajstić information content (AvgIpc) is 2.60. The molecule has 1 heterocycles. The van der Waals surface area contributed by atoms with Crippen molar-refractivity contribution in [1.29, 1.82) is 0 Å². The number of hydrogen-bond donors (Lipinski definition) is 3. The number of nitrogens with zero attached hydrogens (tertiary/aromatic N) is 3. The Morgan fingerprint density at radius 2 is 1.83 bits per heavy atom. The summed E-state index contributed by atoms with van der Waals surface area (Å²) in [5.74, 6) is -0.155. The third kappa shape index (κ3) is 6.27. The topological polar surface area (TPSA) is 127 Å². The van der Waals surface area contributed by atoms with Gasteiger partial charge >= 0.3 is 5.97 Å². The van der Waals surface area contributed by atoms with E-state index in [0.29, 0.717) is 21.8 Å². The minimum Gasteiger partial charge on any atom is -0.480 e. The molecule has 10 heteroatoms. The van der Waals surface area contributed by atoms with Crippen LogP contribution in [0.25, 0.3) is 0 Å². The lowest BCUT2D eigenvalue weighted by Gasteiger charge is -2.38. The Morgan fingerprint density at radius 1 is 1.17 bits per heavy atom. The Kier molecular flexibility index (Phi) is 7.30. The molecule has 0 bridgehead atoms. The summed E-state index contributed by atoms with van der Waals surface area (Å²) in [4.78, 5) is 20.3. The first-order valence-corrected chi connectivity index (χ1v) is 9.20. The molecule has 0 aromatic heterocycles. The molecule has 5 N–H and O–H groups in total. The lowest BCUT2D eigenvalue weighted by Crippen LogP contribution is -2.54. The smallest absolute Gasteiger partial charge is 0.341 e. The van der Waals surface area contributed by atoms with E-state index < -0.39 is 18.2 Å². The zero-order valence-corrected chi connectivity index (χ0v) is 17.4. The number of halogens is 2. The molecule has 0 radical (unpaired) electrons. The molecule has 0 saturated heterocycles. The summed E-state index contributed by atoms with van der Waals surface area (Å²) in [6.07, 6.45) is 0. The molecule has 0 amide bonds. The summed E-state index contributed by atoms with van der Waals surface area (Å²) in [6.45, 7) is 3.46. The van der Waals surface area contributed by atoms with Crippen LogP contribution in [0.4, 0.5) is 5.69 Å². The Morgan fingerprint density at radius 3 is 2.38 bits per heavy atom. The van der Waals surface area contributed by atoms with Crippen LogP contribution in [0, 0.1) is 0 Å².